The molecule has 29 heavy (non-hydrogen) atoms. The second-order valence-corrected chi connectivity index (χ2v) is 6.61. The Balaban J connectivity index is 0.000000438. The van der Waals surface area contributed by atoms with Crippen molar-refractivity contribution in [3.63, 3.8) is 0 Å². The van der Waals surface area contributed by atoms with Crippen LogP contribution in [0, 0.1) is 0 Å². The molecule has 0 radical (unpaired) electrons. The first-order valence-corrected chi connectivity index (χ1v) is 9.18. The monoisotopic (exact) mass is 395 g/mol. The van der Waals surface area contributed by atoms with E-state index in [0.717, 1.165) is 12.2 Å². The smallest absolute Gasteiger partial charge is 0.414 e. The highest BCUT2D eigenvalue weighted by Crippen LogP contribution is 2.27. The third-order valence-corrected chi connectivity index (χ3v) is 4.39. The predicted octanol–water partition coefficient (Wildman–Crippen LogP) is 4.07. The van der Waals surface area contributed by atoms with Gasteiger partial charge < -0.3 is 19.8 Å². The van der Waals surface area contributed by atoms with E-state index >= 15 is 0 Å². The number of ether oxygens (including phenoxy) is 1. The molecule has 6 nitrogen and oxygen atoms in total. The van der Waals surface area contributed by atoms with Crippen LogP contribution in [0.15, 0.2) is 72.8 Å². The average Bonchev–Trinajstić information content (AvgIpc) is 2.72. The summed E-state index contributed by atoms with van der Waals surface area (Å²) in [4.78, 5) is 20.5. The van der Waals surface area contributed by atoms with Gasteiger partial charge in [-0.1, -0.05) is 66.7 Å². The van der Waals surface area contributed by atoms with E-state index in [1.54, 1.807) is 0 Å². The molecule has 2 N–H and O–H groups in total. The summed E-state index contributed by atoms with van der Waals surface area (Å²) in [6, 6.07) is 25.6. The van der Waals surface area contributed by atoms with E-state index in [1.165, 1.54) is 16.3 Å². The number of rotatable bonds is 6. The Kier molecular flexibility index (Phi) is 8.18. The van der Waals surface area contributed by atoms with Gasteiger partial charge in [-0.05, 0) is 31.1 Å². The molecule has 3 aromatic carbocycles. The fraction of sp³-hybridized carbons (Fsp3) is 0.217. The molecule has 0 aromatic heterocycles. The van der Waals surface area contributed by atoms with Gasteiger partial charge in [-0.25, -0.2) is 9.59 Å². The molecular weight excluding hydrogens is 370 g/mol. The minimum Gasteiger partial charge on any atom is -0.493 e. The second-order valence-electron chi connectivity index (χ2n) is 6.61. The normalized spacial score (nSPS) is 11.4. The van der Waals surface area contributed by atoms with E-state index in [4.69, 9.17) is 24.5 Å². The number of nitrogens with zero attached hydrogens (tertiary/aromatic N) is 1. The molecule has 0 saturated heterocycles. The fourth-order valence-electron chi connectivity index (χ4n) is 3.00. The summed E-state index contributed by atoms with van der Waals surface area (Å²) >= 11 is 0. The van der Waals surface area contributed by atoms with Gasteiger partial charge in [0, 0.05) is 17.8 Å². The van der Waals surface area contributed by atoms with E-state index in [-0.39, 0.29) is 0 Å². The molecular formula is C23H25NO5. The van der Waals surface area contributed by atoms with Crippen LogP contribution in [-0.4, -0.2) is 47.8 Å². The van der Waals surface area contributed by atoms with Crippen LogP contribution in [0.2, 0.25) is 0 Å². The summed E-state index contributed by atoms with van der Waals surface area (Å²) < 4.78 is 6.09. The van der Waals surface area contributed by atoms with Crippen LogP contribution < -0.4 is 4.74 Å². The lowest BCUT2D eigenvalue weighted by atomic mass is 10.0. The number of benzene rings is 3. The summed E-state index contributed by atoms with van der Waals surface area (Å²) in [6.07, 6.45) is 0.959. The molecule has 0 aliphatic rings. The van der Waals surface area contributed by atoms with Crippen molar-refractivity contribution in [1.82, 2.24) is 4.90 Å². The van der Waals surface area contributed by atoms with Crippen molar-refractivity contribution in [2.45, 2.75) is 12.5 Å². The predicted molar refractivity (Wildman–Crippen MR) is 112 cm³/mol. The summed E-state index contributed by atoms with van der Waals surface area (Å²) in [5.74, 6) is -2.68. The van der Waals surface area contributed by atoms with E-state index in [1.807, 2.05) is 0 Å². The van der Waals surface area contributed by atoms with Gasteiger partial charge in [0.2, 0.25) is 0 Å². The molecule has 0 saturated carbocycles. The van der Waals surface area contributed by atoms with Crippen molar-refractivity contribution in [2.24, 2.45) is 0 Å². The first-order chi connectivity index (χ1) is 13.9. The zero-order chi connectivity index (χ0) is 21.2. The number of hydrogen-bond donors (Lipinski definition) is 2. The minimum absolute atomic E-state index is 0.367. The van der Waals surface area contributed by atoms with Gasteiger partial charge in [-0.2, -0.15) is 0 Å². The van der Waals surface area contributed by atoms with Gasteiger partial charge >= 0.3 is 11.9 Å². The molecule has 0 aliphatic heterocycles. The van der Waals surface area contributed by atoms with Crippen LogP contribution in [0.3, 0.4) is 0 Å². The van der Waals surface area contributed by atoms with Crippen LogP contribution in [-0.2, 0) is 9.59 Å². The van der Waals surface area contributed by atoms with Gasteiger partial charge in [-0.15, -0.1) is 0 Å². The van der Waals surface area contributed by atoms with Gasteiger partial charge in [-0.3, -0.25) is 0 Å². The Bertz CT molecular complexity index is 923. The maximum absolute atomic E-state index is 9.10. The Hall–Kier alpha value is -3.38. The number of fused-ring (bicyclic) bond motifs is 1. The van der Waals surface area contributed by atoms with Crippen LogP contribution in [0.4, 0.5) is 0 Å². The van der Waals surface area contributed by atoms with Crippen molar-refractivity contribution in [3.05, 3.63) is 78.4 Å². The number of carboxylic acid groups (broad SMARTS) is 2. The Morgan fingerprint density at radius 2 is 1.45 bits per heavy atom. The number of aliphatic carboxylic acids is 2. The van der Waals surface area contributed by atoms with E-state index < -0.39 is 11.9 Å². The zero-order valence-corrected chi connectivity index (χ0v) is 16.5. The minimum atomic E-state index is -1.82. The molecule has 1 atom stereocenters. The molecule has 0 spiro atoms. The maximum Gasteiger partial charge on any atom is 0.414 e. The molecule has 3 aromatic rings. The summed E-state index contributed by atoms with van der Waals surface area (Å²) in [5.41, 5.74) is 1.33. The summed E-state index contributed by atoms with van der Waals surface area (Å²) in [5, 5.41) is 17.2. The van der Waals surface area contributed by atoms with E-state index in [2.05, 4.69) is 91.8 Å². The quantitative estimate of drug-likeness (QED) is 0.612. The van der Waals surface area contributed by atoms with Gasteiger partial charge in [0.25, 0.3) is 0 Å². The Morgan fingerprint density at radius 1 is 0.862 bits per heavy atom. The number of carbonyl (C=O) groups is 2. The number of hydrogen-bond acceptors (Lipinski definition) is 4. The van der Waals surface area contributed by atoms with Crippen molar-refractivity contribution in [2.75, 3.05) is 20.7 Å². The largest absolute Gasteiger partial charge is 0.493 e. The van der Waals surface area contributed by atoms with Crippen LogP contribution in [0.1, 0.15) is 18.0 Å². The molecule has 3 rings (SSSR count). The van der Waals surface area contributed by atoms with Crippen LogP contribution in [0.5, 0.6) is 5.75 Å². The molecule has 152 valence electrons. The standard InChI is InChI=1S/C21H23NO.C2H2O4/c1-22(2)20(18-10-4-3-5-11-18)15-16-23-21-14-8-12-17-9-6-7-13-19(17)21;3-1(4)2(5)6/h3-14,20H,15-16H2,1-2H3;(H,3,4)(H,5,6)/t20-;/m0./s1. The first kappa shape index (κ1) is 21.9. The lowest BCUT2D eigenvalue weighted by Gasteiger charge is -2.25. The van der Waals surface area contributed by atoms with Crippen molar-refractivity contribution in [3.8, 4) is 5.75 Å². The van der Waals surface area contributed by atoms with Crippen LogP contribution >= 0.6 is 0 Å². The third kappa shape index (κ3) is 6.62. The van der Waals surface area contributed by atoms with Crippen molar-refractivity contribution < 1.29 is 24.5 Å². The highest BCUT2D eigenvalue weighted by atomic mass is 16.5. The van der Waals surface area contributed by atoms with Gasteiger partial charge in [0.1, 0.15) is 5.75 Å². The SMILES string of the molecule is CN(C)[C@@H](CCOc1cccc2ccccc12)c1ccccc1.O=C(O)C(=O)O. The third-order valence-electron chi connectivity index (χ3n) is 4.39. The molecule has 0 amide bonds. The topological polar surface area (TPSA) is 87.1 Å². The molecule has 0 fully saturated rings. The lowest BCUT2D eigenvalue weighted by molar-refractivity contribution is -0.159. The molecule has 0 bridgehead atoms. The first-order valence-electron chi connectivity index (χ1n) is 9.18. The van der Waals surface area contributed by atoms with Crippen LogP contribution in [0.25, 0.3) is 10.8 Å². The van der Waals surface area contributed by atoms with E-state index in [0.29, 0.717) is 12.6 Å². The lowest BCUT2D eigenvalue weighted by Crippen LogP contribution is -2.22. The fourth-order valence-corrected chi connectivity index (χ4v) is 3.00. The molecule has 6 heteroatoms. The molecule has 0 unspecified atom stereocenters. The van der Waals surface area contributed by atoms with Crippen molar-refractivity contribution >= 4 is 22.7 Å². The van der Waals surface area contributed by atoms with E-state index in [9.17, 15) is 0 Å². The molecule has 0 heterocycles. The maximum atomic E-state index is 9.10. The van der Waals surface area contributed by atoms with Gasteiger partial charge in [0.15, 0.2) is 0 Å². The average molecular weight is 395 g/mol. The summed E-state index contributed by atoms with van der Waals surface area (Å²) in [7, 11) is 4.24. The Labute approximate surface area is 170 Å². The number of carboxylic acids is 2. The summed E-state index contributed by atoms with van der Waals surface area (Å²) in [6.45, 7) is 0.700. The Morgan fingerprint density at radius 3 is 2.07 bits per heavy atom. The highest BCUT2D eigenvalue weighted by Gasteiger charge is 2.14. The second kappa shape index (κ2) is 10.8. The molecule has 0 aliphatic carbocycles. The zero-order valence-electron chi connectivity index (χ0n) is 16.5. The van der Waals surface area contributed by atoms with Crippen molar-refractivity contribution in [1.29, 1.82) is 0 Å². The van der Waals surface area contributed by atoms with Gasteiger partial charge in [0.05, 0.1) is 6.61 Å². The highest BCUT2D eigenvalue weighted by molar-refractivity contribution is 6.27.